The van der Waals surface area contributed by atoms with Gasteiger partial charge in [-0.25, -0.2) is 0 Å². The van der Waals surface area contributed by atoms with Crippen molar-refractivity contribution < 1.29 is 0 Å². The van der Waals surface area contributed by atoms with Crippen LogP contribution in [0.3, 0.4) is 0 Å². The van der Waals surface area contributed by atoms with E-state index in [-0.39, 0.29) is 0 Å². The van der Waals surface area contributed by atoms with E-state index in [0.29, 0.717) is 11.5 Å². The Bertz CT molecular complexity index is 141. The Labute approximate surface area is 89.9 Å². The maximum atomic E-state index is 6.25. The van der Waals surface area contributed by atoms with Gasteiger partial charge in [-0.2, -0.15) is 0 Å². The number of nitrogens with two attached hydrogens (primary N) is 1. The molecule has 0 rings (SSSR count). The van der Waals surface area contributed by atoms with Crippen LogP contribution in [0.15, 0.2) is 0 Å². The van der Waals surface area contributed by atoms with E-state index in [2.05, 4.69) is 39.6 Å². The lowest BCUT2D eigenvalue weighted by Crippen LogP contribution is -2.41. The fraction of sp³-hybridized carbons (Fsp3) is 1.00. The van der Waals surface area contributed by atoms with E-state index in [0.717, 1.165) is 19.5 Å². The maximum absolute atomic E-state index is 6.25. The second kappa shape index (κ2) is 6.41. The quantitative estimate of drug-likeness (QED) is 0.684. The van der Waals surface area contributed by atoms with E-state index < -0.39 is 0 Å². The first-order chi connectivity index (χ1) is 6.50. The molecule has 2 nitrogen and oxygen atoms in total. The first-order valence-corrected chi connectivity index (χ1v) is 5.94. The summed E-state index contributed by atoms with van der Waals surface area (Å²) in [6, 6.07) is 0.339. The van der Waals surface area contributed by atoms with Crippen LogP contribution in [0, 0.1) is 5.41 Å². The van der Waals surface area contributed by atoms with E-state index >= 15 is 0 Å². The van der Waals surface area contributed by atoms with Crippen molar-refractivity contribution in [1.82, 2.24) is 4.90 Å². The molecule has 0 spiro atoms. The highest BCUT2D eigenvalue weighted by Gasteiger charge is 2.27. The number of rotatable bonds is 7. The van der Waals surface area contributed by atoms with Gasteiger partial charge in [0.1, 0.15) is 0 Å². The summed E-state index contributed by atoms with van der Waals surface area (Å²) in [5, 5.41) is 0. The summed E-state index contributed by atoms with van der Waals surface area (Å²) in [5.74, 6) is 0. The minimum atomic E-state index is 0.328. The molecule has 86 valence electrons. The molecule has 0 saturated heterocycles. The normalized spacial score (nSPS) is 14.8. The Balaban J connectivity index is 3.99. The Kier molecular flexibility index (Phi) is 6.38. The molecule has 0 bridgehead atoms. The Hall–Kier alpha value is -0.0800. The highest BCUT2D eigenvalue weighted by Crippen LogP contribution is 2.30. The molecule has 0 aliphatic heterocycles. The number of nitrogens with zero attached hydrogens (tertiary/aromatic N) is 1. The van der Waals surface area contributed by atoms with Crippen molar-refractivity contribution in [1.29, 1.82) is 0 Å². The molecule has 0 saturated carbocycles. The zero-order valence-electron chi connectivity index (χ0n) is 10.6. The third-order valence-corrected chi connectivity index (χ3v) is 3.87. The largest absolute Gasteiger partial charge is 0.327 e. The third-order valence-electron chi connectivity index (χ3n) is 3.87. The molecule has 0 amide bonds. The molecule has 0 fully saturated rings. The van der Waals surface area contributed by atoms with Crippen molar-refractivity contribution in [2.24, 2.45) is 11.1 Å². The smallest absolute Gasteiger partial charge is 0.0105 e. The van der Waals surface area contributed by atoms with Crippen LogP contribution < -0.4 is 5.73 Å². The number of hydrogen-bond acceptors (Lipinski definition) is 2. The van der Waals surface area contributed by atoms with Gasteiger partial charge in [0, 0.05) is 6.04 Å². The van der Waals surface area contributed by atoms with Crippen molar-refractivity contribution in [3.63, 3.8) is 0 Å². The SMILES string of the molecule is CCN(C)CCC(N)C(C)(CC)CC. The standard InChI is InChI=1S/C12H28N2/c1-6-12(4,7-2)11(13)9-10-14(5)8-3/h11H,6-10,13H2,1-5H3. The monoisotopic (exact) mass is 200 g/mol. The van der Waals surface area contributed by atoms with Crippen LogP contribution in [0.2, 0.25) is 0 Å². The summed E-state index contributed by atoms with van der Waals surface area (Å²) in [5.41, 5.74) is 6.58. The van der Waals surface area contributed by atoms with Crippen molar-refractivity contribution in [2.45, 2.75) is 53.0 Å². The van der Waals surface area contributed by atoms with Crippen LogP contribution in [0.5, 0.6) is 0 Å². The van der Waals surface area contributed by atoms with Crippen LogP contribution in [0.25, 0.3) is 0 Å². The topological polar surface area (TPSA) is 29.3 Å². The van der Waals surface area contributed by atoms with E-state index in [9.17, 15) is 0 Å². The van der Waals surface area contributed by atoms with Crippen LogP contribution in [-0.4, -0.2) is 31.1 Å². The second-order valence-electron chi connectivity index (χ2n) is 4.65. The van der Waals surface area contributed by atoms with Gasteiger partial charge in [-0.15, -0.1) is 0 Å². The highest BCUT2D eigenvalue weighted by atomic mass is 15.1. The summed E-state index contributed by atoms with van der Waals surface area (Å²) < 4.78 is 0. The summed E-state index contributed by atoms with van der Waals surface area (Å²) >= 11 is 0. The van der Waals surface area contributed by atoms with Gasteiger partial charge in [0.15, 0.2) is 0 Å². The predicted molar refractivity (Wildman–Crippen MR) is 64.5 cm³/mol. The molecule has 14 heavy (non-hydrogen) atoms. The second-order valence-corrected chi connectivity index (χ2v) is 4.65. The lowest BCUT2D eigenvalue weighted by atomic mass is 9.76. The van der Waals surface area contributed by atoms with Crippen molar-refractivity contribution >= 4 is 0 Å². The molecule has 1 atom stereocenters. The van der Waals surface area contributed by atoms with Gasteiger partial charge < -0.3 is 10.6 Å². The molecule has 2 N–H and O–H groups in total. The molecule has 0 aromatic carbocycles. The molecule has 0 aromatic rings. The van der Waals surface area contributed by atoms with E-state index in [1.165, 1.54) is 12.8 Å². The van der Waals surface area contributed by atoms with Crippen LogP contribution in [-0.2, 0) is 0 Å². The van der Waals surface area contributed by atoms with Gasteiger partial charge in [0.2, 0.25) is 0 Å². The van der Waals surface area contributed by atoms with Gasteiger partial charge in [-0.1, -0.05) is 27.7 Å². The Morgan fingerprint density at radius 3 is 2.07 bits per heavy atom. The van der Waals surface area contributed by atoms with E-state index in [1.54, 1.807) is 0 Å². The number of hydrogen-bond donors (Lipinski definition) is 1. The first-order valence-electron chi connectivity index (χ1n) is 5.94. The van der Waals surface area contributed by atoms with Crippen molar-refractivity contribution in [3.05, 3.63) is 0 Å². The molecule has 1 unspecified atom stereocenters. The van der Waals surface area contributed by atoms with Gasteiger partial charge in [-0.05, 0) is 44.8 Å². The zero-order chi connectivity index (χ0) is 11.2. The highest BCUT2D eigenvalue weighted by molar-refractivity contribution is 4.83. The van der Waals surface area contributed by atoms with Crippen molar-refractivity contribution in [3.8, 4) is 0 Å². The van der Waals surface area contributed by atoms with E-state index in [1.807, 2.05) is 0 Å². The maximum Gasteiger partial charge on any atom is 0.0105 e. The van der Waals surface area contributed by atoms with Crippen molar-refractivity contribution in [2.75, 3.05) is 20.1 Å². The Morgan fingerprint density at radius 1 is 1.21 bits per heavy atom. The molecular weight excluding hydrogens is 172 g/mol. The molecular formula is C12H28N2. The summed E-state index contributed by atoms with van der Waals surface area (Å²) in [7, 11) is 2.15. The molecule has 0 aliphatic rings. The molecule has 0 aromatic heterocycles. The molecule has 0 radical (unpaired) electrons. The van der Waals surface area contributed by atoms with Crippen LogP contribution in [0.1, 0.15) is 47.0 Å². The lowest BCUT2D eigenvalue weighted by Gasteiger charge is -2.34. The lowest BCUT2D eigenvalue weighted by molar-refractivity contribution is 0.203. The predicted octanol–water partition coefficient (Wildman–Crippen LogP) is 2.48. The molecule has 2 heteroatoms. The average Bonchev–Trinajstić information content (AvgIpc) is 2.23. The van der Waals surface area contributed by atoms with Gasteiger partial charge >= 0.3 is 0 Å². The first kappa shape index (κ1) is 13.9. The van der Waals surface area contributed by atoms with E-state index in [4.69, 9.17) is 5.73 Å². The fourth-order valence-corrected chi connectivity index (χ4v) is 1.64. The minimum Gasteiger partial charge on any atom is -0.327 e. The summed E-state index contributed by atoms with van der Waals surface area (Å²) in [6.45, 7) is 11.2. The molecule has 0 heterocycles. The third kappa shape index (κ3) is 3.97. The van der Waals surface area contributed by atoms with Gasteiger partial charge in [-0.3, -0.25) is 0 Å². The average molecular weight is 200 g/mol. The molecule has 0 aliphatic carbocycles. The van der Waals surface area contributed by atoms with Crippen LogP contribution in [0.4, 0.5) is 0 Å². The minimum absolute atomic E-state index is 0.328. The van der Waals surface area contributed by atoms with Gasteiger partial charge in [0.05, 0.1) is 0 Å². The zero-order valence-corrected chi connectivity index (χ0v) is 10.6. The Morgan fingerprint density at radius 2 is 1.71 bits per heavy atom. The van der Waals surface area contributed by atoms with Gasteiger partial charge in [0.25, 0.3) is 0 Å². The summed E-state index contributed by atoms with van der Waals surface area (Å²) in [4.78, 5) is 2.33. The van der Waals surface area contributed by atoms with Crippen LogP contribution >= 0.6 is 0 Å². The summed E-state index contributed by atoms with van der Waals surface area (Å²) in [6.07, 6.45) is 3.48. The fourth-order valence-electron chi connectivity index (χ4n) is 1.64.